The summed E-state index contributed by atoms with van der Waals surface area (Å²) in [6.45, 7) is 0.156. The summed E-state index contributed by atoms with van der Waals surface area (Å²) in [5.41, 5.74) is 2.67. The largest absolute Gasteiger partial charge is 0.496 e. The molecular formula is C24H23N3O5S. The zero-order chi connectivity index (χ0) is 23.2. The van der Waals surface area contributed by atoms with Crippen LogP contribution in [-0.2, 0) is 11.3 Å². The van der Waals surface area contributed by atoms with Crippen molar-refractivity contribution in [3.63, 3.8) is 0 Å². The van der Waals surface area contributed by atoms with E-state index in [4.69, 9.17) is 18.9 Å². The highest BCUT2D eigenvalue weighted by molar-refractivity contribution is 7.17. The van der Waals surface area contributed by atoms with Crippen molar-refractivity contribution in [2.45, 2.75) is 6.54 Å². The summed E-state index contributed by atoms with van der Waals surface area (Å²) in [5, 5.41) is 5.57. The first-order valence-electron chi connectivity index (χ1n) is 10.1. The van der Waals surface area contributed by atoms with Gasteiger partial charge < -0.3 is 24.3 Å². The molecule has 2 heterocycles. The number of methoxy groups -OCH3 is 3. The van der Waals surface area contributed by atoms with Gasteiger partial charge in [0.2, 0.25) is 5.88 Å². The molecule has 0 aliphatic rings. The Kier molecular flexibility index (Phi) is 6.89. The second kappa shape index (κ2) is 10.2. The highest BCUT2D eigenvalue weighted by Gasteiger charge is 2.17. The molecule has 0 unspecified atom stereocenters. The minimum atomic E-state index is -0.268. The van der Waals surface area contributed by atoms with Crippen LogP contribution in [0.25, 0.3) is 21.3 Å². The Labute approximate surface area is 195 Å². The number of amides is 1. The molecule has 2 aromatic heterocycles. The number of aromatic nitrogens is 2. The van der Waals surface area contributed by atoms with Crippen LogP contribution in [0.4, 0.5) is 0 Å². The Morgan fingerprint density at radius 3 is 2.55 bits per heavy atom. The van der Waals surface area contributed by atoms with Crippen molar-refractivity contribution < 1.29 is 23.7 Å². The molecule has 0 radical (unpaired) electrons. The Balaban J connectivity index is 1.52. The summed E-state index contributed by atoms with van der Waals surface area (Å²) < 4.78 is 21.9. The fourth-order valence-electron chi connectivity index (χ4n) is 3.40. The van der Waals surface area contributed by atoms with Crippen molar-refractivity contribution in [3.8, 4) is 34.3 Å². The smallest absolute Gasteiger partial charge is 0.258 e. The lowest BCUT2D eigenvalue weighted by atomic mass is 10.1. The van der Waals surface area contributed by atoms with E-state index in [9.17, 15) is 4.79 Å². The first kappa shape index (κ1) is 22.3. The van der Waals surface area contributed by atoms with Crippen LogP contribution in [0.2, 0.25) is 0 Å². The number of carbonyl (C=O) groups excluding carboxylic acids is 1. The number of ether oxygens (including phenoxy) is 4. The number of benzene rings is 2. The van der Waals surface area contributed by atoms with Gasteiger partial charge in [0.05, 0.1) is 26.7 Å². The van der Waals surface area contributed by atoms with Crippen molar-refractivity contribution in [1.29, 1.82) is 0 Å². The van der Waals surface area contributed by atoms with E-state index in [0.717, 1.165) is 26.9 Å². The van der Waals surface area contributed by atoms with Crippen LogP contribution in [-0.4, -0.2) is 43.8 Å². The first-order valence-corrected chi connectivity index (χ1v) is 11.0. The average molecular weight is 466 g/mol. The molecule has 4 aromatic rings. The predicted octanol–water partition coefficient (Wildman–Crippen LogP) is 4.08. The molecule has 0 bridgehead atoms. The fraction of sp³-hybridized carbons (Fsp3) is 0.208. The summed E-state index contributed by atoms with van der Waals surface area (Å²) in [4.78, 5) is 21.8. The maximum Gasteiger partial charge on any atom is 0.258 e. The van der Waals surface area contributed by atoms with E-state index in [0.29, 0.717) is 29.7 Å². The lowest BCUT2D eigenvalue weighted by Crippen LogP contribution is -2.28. The number of hydrogen-bond donors (Lipinski definition) is 1. The molecule has 0 aliphatic heterocycles. The number of nitrogens with one attached hydrogen (secondary N) is 1. The van der Waals surface area contributed by atoms with Gasteiger partial charge in [0, 0.05) is 23.1 Å². The van der Waals surface area contributed by atoms with E-state index >= 15 is 0 Å². The Bertz CT molecular complexity index is 1270. The Hall–Kier alpha value is -3.85. The number of fused-ring (bicyclic) bond motifs is 1. The number of para-hydroxylation sites is 1. The number of rotatable bonds is 9. The van der Waals surface area contributed by atoms with Crippen molar-refractivity contribution in [2.24, 2.45) is 0 Å². The van der Waals surface area contributed by atoms with E-state index in [2.05, 4.69) is 15.3 Å². The van der Waals surface area contributed by atoms with Crippen LogP contribution >= 0.6 is 11.3 Å². The van der Waals surface area contributed by atoms with Crippen LogP contribution in [0, 0.1) is 0 Å². The molecular weight excluding hydrogens is 442 g/mol. The summed E-state index contributed by atoms with van der Waals surface area (Å²) >= 11 is 1.47. The third-order valence-corrected chi connectivity index (χ3v) is 5.92. The number of thiophene rings is 1. The van der Waals surface area contributed by atoms with E-state index < -0.39 is 0 Å². The first-order chi connectivity index (χ1) is 16.1. The lowest BCUT2D eigenvalue weighted by molar-refractivity contribution is -0.123. The molecule has 0 spiro atoms. The lowest BCUT2D eigenvalue weighted by Gasteiger charge is -2.11. The number of hydrogen-bond acceptors (Lipinski definition) is 8. The highest BCUT2D eigenvalue weighted by atomic mass is 32.1. The van der Waals surface area contributed by atoms with Gasteiger partial charge in [0.1, 0.15) is 16.9 Å². The topological polar surface area (TPSA) is 91.8 Å². The second-order valence-corrected chi connectivity index (χ2v) is 7.81. The molecule has 1 amide bonds. The van der Waals surface area contributed by atoms with Gasteiger partial charge in [-0.3, -0.25) is 4.79 Å². The highest BCUT2D eigenvalue weighted by Crippen LogP contribution is 2.40. The van der Waals surface area contributed by atoms with Gasteiger partial charge in [-0.25, -0.2) is 9.97 Å². The third-order valence-electron chi connectivity index (χ3n) is 5.04. The van der Waals surface area contributed by atoms with Crippen LogP contribution in [0.1, 0.15) is 5.56 Å². The quantitative estimate of drug-likeness (QED) is 0.398. The molecule has 1 N–H and O–H groups in total. The van der Waals surface area contributed by atoms with Crippen LogP contribution in [0.15, 0.2) is 54.2 Å². The van der Waals surface area contributed by atoms with Gasteiger partial charge in [0.25, 0.3) is 5.91 Å². The summed E-state index contributed by atoms with van der Waals surface area (Å²) in [6.07, 6.45) is 1.43. The van der Waals surface area contributed by atoms with E-state index in [1.54, 1.807) is 21.3 Å². The van der Waals surface area contributed by atoms with Crippen molar-refractivity contribution in [3.05, 3.63) is 59.7 Å². The van der Waals surface area contributed by atoms with Crippen LogP contribution in [0.5, 0.6) is 23.1 Å². The van der Waals surface area contributed by atoms with E-state index in [1.807, 2.05) is 47.8 Å². The number of carbonyl (C=O) groups is 1. The van der Waals surface area contributed by atoms with Gasteiger partial charge >= 0.3 is 0 Å². The van der Waals surface area contributed by atoms with Crippen molar-refractivity contribution in [1.82, 2.24) is 15.3 Å². The molecule has 33 heavy (non-hydrogen) atoms. The summed E-state index contributed by atoms with van der Waals surface area (Å²) in [5.74, 6) is 2.05. The monoisotopic (exact) mass is 465 g/mol. The zero-order valence-electron chi connectivity index (χ0n) is 18.5. The maximum atomic E-state index is 12.4. The Morgan fingerprint density at radius 1 is 0.970 bits per heavy atom. The Morgan fingerprint density at radius 2 is 1.76 bits per heavy atom. The molecule has 2 aromatic carbocycles. The van der Waals surface area contributed by atoms with Gasteiger partial charge in [-0.15, -0.1) is 11.3 Å². The predicted molar refractivity (Wildman–Crippen MR) is 126 cm³/mol. The van der Waals surface area contributed by atoms with Gasteiger partial charge in [0.15, 0.2) is 18.1 Å². The summed E-state index contributed by atoms with van der Waals surface area (Å²) in [7, 11) is 4.78. The minimum Gasteiger partial charge on any atom is -0.496 e. The average Bonchev–Trinajstić information content (AvgIpc) is 3.30. The van der Waals surface area contributed by atoms with Gasteiger partial charge in [-0.05, 0) is 23.8 Å². The van der Waals surface area contributed by atoms with E-state index in [1.165, 1.54) is 17.7 Å². The molecule has 0 fully saturated rings. The molecule has 9 heteroatoms. The van der Waals surface area contributed by atoms with Crippen LogP contribution in [0.3, 0.4) is 0 Å². The van der Waals surface area contributed by atoms with Crippen LogP contribution < -0.4 is 24.3 Å². The summed E-state index contributed by atoms with van der Waals surface area (Å²) in [6, 6.07) is 13.2. The third kappa shape index (κ3) is 4.83. The molecule has 0 aliphatic carbocycles. The normalized spacial score (nSPS) is 10.6. The molecule has 0 atom stereocenters. The maximum absolute atomic E-state index is 12.4. The standard InChI is InChI=1S/C24H23N3O5S/c1-29-18-7-5-4-6-16(18)11-25-21(28)12-32-23-22-17(13-33-24(22)27-14-26-23)15-8-9-19(30-2)20(10-15)31-3/h4-10,13-14H,11-12H2,1-3H3,(H,25,28). The molecule has 8 nitrogen and oxygen atoms in total. The van der Waals surface area contributed by atoms with Gasteiger partial charge in [-0.2, -0.15) is 0 Å². The SMILES string of the molecule is COc1ccccc1CNC(=O)COc1ncnc2scc(-c3ccc(OC)c(OC)c3)c12. The molecule has 0 saturated carbocycles. The molecule has 170 valence electrons. The zero-order valence-corrected chi connectivity index (χ0v) is 19.3. The van der Waals surface area contributed by atoms with E-state index in [-0.39, 0.29) is 12.5 Å². The second-order valence-electron chi connectivity index (χ2n) is 6.96. The van der Waals surface area contributed by atoms with Crippen molar-refractivity contribution in [2.75, 3.05) is 27.9 Å². The van der Waals surface area contributed by atoms with Gasteiger partial charge in [-0.1, -0.05) is 24.3 Å². The fourth-order valence-corrected chi connectivity index (χ4v) is 4.31. The molecule has 4 rings (SSSR count). The van der Waals surface area contributed by atoms with Crippen molar-refractivity contribution >= 4 is 27.5 Å². The number of nitrogens with zero attached hydrogens (tertiary/aromatic N) is 2. The minimum absolute atomic E-state index is 0.178. The molecule has 0 saturated heterocycles.